The van der Waals surface area contributed by atoms with Crippen LogP contribution in [-0.4, -0.2) is 22.5 Å². The van der Waals surface area contributed by atoms with Gasteiger partial charge in [-0.05, 0) is 37.1 Å². The molecule has 2 nitrogen and oxygen atoms in total. The van der Waals surface area contributed by atoms with E-state index in [9.17, 15) is 0 Å². The van der Waals surface area contributed by atoms with Crippen LogP contribution in [0.25, 0.3) is 0 Å². The van der Waals surface area contributed by atoms with Crippen LogP contribution in [0, 0.1) is 6.92 Å². The van der Waals surface area contributed by atoms with Gasteiger partial charge in [0.05, 0.1) is 0 Å². The molecule has 0 amide bonds. The zero-order valence-corrected chi connectivity index (χ0v) is 12.4. The minimum absolute atomic E-state index is 0.470. The van der Waals surface area contributed by atoms with Crippen molar-refractivity contribution in [3.8, 4) is 0 Å². The van der Waals surface area contributed by atoms with E-state index in [1.807, 2.05) is 12.1 Å². The van der Waals surface area contributed by atoms with Crippen LogP contribution in [0.2, 0.25) is 0 Å². The maximum Gasteiger partial charge on any atom is 0.106 e. The Morgan fingerprint density at radius 2 is 2.33 bits per heavy atom. The number of hydrogen-bond acceptors (Lipinski definition) is 3. The minimum Gasteiger partial charge on any atom is -0.389 e. The Kier molecular flexibility index (Phi) is 4.89. The van der Waals surface area contributed by atoms with Crippen molar-refractivity contribution in [1.29, 1.82) is 0 Å². The molecule has 0 spiro atoms. The number of aryl methyl sites for hydroxylation is 1. The van der Waals surface area contributed by atoms with E-state index in [2.05, 4.69) is 30.1 Å². The number of benzene rings is 1. The third kappa shape index (κ3) is 3.39. The Bertz CT molecular complexity index is 426. The van der Waals surface area contributed by atoms with E-state index in [1.54, 1.807) is 0 Å². The highest BCUT2D eigenvalue weighted by Crippen LogP contribution is 2.27. The SMILES string of the molecule is Cc1cccc(C(N)=S)c1NCC1CCCCS1. The van der Waals surface area contributed by atoms with Crippen LogP contribution in [0.4, 0.5) is 5.69 Å². The summed E-state index contributed by atoms with van der Waals surface area (Å²) < 4.78 is 0. The third-order valence-corrected chi connectivity index (χ3v) is 4.94. The van der Waals surface area contributed by atoms with Crippen LogP contribution >= 0.6 is 24.0 Å². The summed E-state index contributed by atoms with van der Waals surface area (Å²) in [4.78, 5) is 0.470. The first-order valence-corrected chi connectivity index (χ1v) is 7.89. The second-order valence-corrected chi connectivity index (χ2v) is 6.58. The maximum absolute atomic E-state index is 5.78. The van der Waals surface area contributed by atoms with Crippen LogP contribution in [-0.2, 0) is 0 Å². The molecule has 0 aliphatic carbocycles. The van der Waals surface area contributed by atoms with E-state index in [4.69, 9.17) is 18.0 Å². The first kappa shape index (κ1) is 13.7. The summed E-state index contributed by atoms with van der Waals surface area (Å²) in [6.07, 6.45) is 4.03. The number of hydrogen-bond donors (Lipinski definition) is 2. The predicted octanol–water partition coefficient (Wildman–Crippen LogP) is 3.33. The van der Waals surface area contributed by atoms with Gasteiger partial charge in [-0.1, -0.05) is 30.8 Å². The summed E-state index contributed by atoms with van der Waals surface area (Å²) >= 11 is 7.19. The van der Waals surface area contributed by atoms with E-state index >= 15 is 0 Å². The average Bonchev–Trinajstić information content (AvgIpc) is 2.38. The van der Waals surface area contributed by atoms with Crippen molar-refractivity contribution in [2.24, 2.45) is 5.73 Å². The molecule has 18 heavy (non-hydrogen) atoms. The number of para-hydroxylation sites is 1. The van der Waals surface area contributed by atoms with Gasteiger partial charge in [0.2, 0.25) is 0 Å². The zero-order valence-electron chi connectivity index (χ0n) is 10.7. The molecule has 1 atom stereocenters. The Morgan fingerprint density at radius 3 is 3.00 bits per heavy atom. The predicted molar refractivity (Wildman–Crippen MR) is 85.7 cm³/mol. The number of anilines is 1. The van der Waals surface area contributed by atoms with Crippen molar-refractivity contribution in [2.75, 3.05) is 17.6 Å². The average molecular weight is 280 g/mol. The van der Waals surface area contributed by atoms with Crippen molar-refractivity contribution < 1.29 is 0 Å². The molecule has 3 N–H and O–H groups in total. The van der Waals surface area contributed by atoms with E-state index in [-0.39, 0.29) is 0 Å². The normalized spacial score (nSPS) is 19.5. The van der Waals surface area contributed by atoms with Gasteiger partial charge in [0.25, 0.3) is 0 Å². The quantitative estimate of drug-likeness (QED) is 0.830. The Balaban J connectivity index is 2.05. The highest BCUT2D eigenvalue weighted by atomic mass is 32.2. The van der Waals surface area contributed by atoms with E-state index < -0.39 is 0 Å². The van der Waals surface area contributed by atoms with Gasteiger partial charge in [-0.25, -0.2) is 0 Å². The van der Waals surface area contributed by atoms with Gasteiger partial charge >= 0.3 is 0 Å². The minimum atomic E-state index is 0.470. The van der Waals surface area contributed by atoms with Crippen LogP contribution in [0.1, 0.15) is 30.4 Å². The number of rotatable bonds is 4. The van der Waals surface area contributed by atoms with Gasteiger partial charge < -0.3 is 11.1 Å². The van der Waals surface area contributed by atoms with Crippen molar-refractivity contribution in [3.63, 3.8) is 0 Å². The highest BCUT2D eigenvalue weighted by molar-refractivity contribution is 7.99. The van der Waals surface area contributed by atoms with Crippen molar-refractivity contribution >= 4 is 34.7 Å². The first-order valence-electron chi connectivity index (χ1n) is 6.43. The summed E-state index contributed by atoms with van der Waals surface area (Å²) in [6, 6.07) is 6.09. The molecule has 1 saturated heterocycles. The van der Waals surface area contributed by atoms with E-state index in [0.29, 0.717) is 4.99 Å². The van der Waals surface area contributed by atoms with Gasteiger partial charge in [-0.3, -0.25) is 0 Å². The fraction of sp³-hybridized carbons (Fsp3) is 0.500. The van der Waals surface area contributed by atoms with Gasteiger partial charge in [0.1, 0.15) is 4.99 Å². The topological polar surface area (TPSA) is 38.0 Å². The molecule has 0 radical (unpaired) electrons. The molecule has 1 unspecified atom stereocenters. The van der Waals surface area contributed by atoms with Crippen LogP contribution in [0.15, 0.2) is 18.2 Å². The molecule has 1 aromatic rings. The lowest BCUT2D eigenvalue weighted by Gasteiger charge is -2.23. The van der Waals surface area contributed by atoms with Gasteiger partial charge in [0, 0.05) is 23.0 Å². The number of nitrogens with one attached hydrogen (secondary N) is 1. The zero-order chi connectivity index (χ0) is 13.0. The number of thiocarbonyl (C=S) groups is 1. The Labute approximate surface area is 119 Å². The largest absolute Gasteiger partial charge is 0.389 e. The van der Waals surface area contributed by atoms with Gasteiger partial charge in [0.15, 0.2) is 0 Å². The molecule has 0 aromatic heterocycles. The van der Waals surface area contributed by atoms with Crippen LogP contribution in [0.5, 0.6) is 0 Å². The van der Waals surface area contributed by atoms with Crippen molar-refractivity contribution in [1.82, 2.24) is 0 Å². The third-order valence-electron chi connectivity index (χ3n) is 3.32. The fourth-order valence-corrected chi connectivity index (χ4v) is 3.70. The standard InChI is InChI=1S/C14H20N2S2/c1-10-5-4-7-12(14(15)17)13(10)16-9-11-6-2-3-8-18-11/h4-5,7,11,16H,2-3,6,8-9H2,1H3,(H2,15,17). The number of nitrogens with two attached hydrogens (primary N) is 1. The lowest BCUT2D eigenvalue weighted by atomic mass is 10.1. The molecule has 1 aliphatic heterocycles. The molecule has 2 rings (SSSR count). The van der Waals surface area contributed by atoms with E-state index in [0.717, 1.165) is 23.0 Å². The second-order valence-electron chi connectivity index (χ2n) is 4.73. The van der Waals surface area contributed by atoms with Gasteiger partial charge in [-0.15, -0.1) is 0 Å². The maximum atomic E-state index is 5.78. The summed E-state index contributed by atoms with van der Waals surface area (Å²) in [5.74, 6) is 1.29. The molecule has 0 saturated carbocycles. The van der Waals surface area contributed by atoms with Crippen LogP contribution in [0.3, 0.4) is 0 Å². The number of thioether (sulfide) groups is 1. The van der Waals surface area contributed by atoms with Crippen molar-refractivity contribution in [3.05, 3.63) is 29.3 Å². The highest BCUT2D eigenvalue weighted by Gasteiger charge is 2.15. The Hall–Kier alpha value is -0.740. The van der Waals surface area contributed by atoms with Crippen LogP contribution < -0.4 is 11.1 Å². The molecular weight excluding hydrogens is 260 g/mol. The molecule has 4 heteroatoms. The summed E-state index contributed by atoms with van der Waals surface area (Å²) in [5, 5.41) is 4.26. The van der Waals surface area contributed by atoms with Gasteiger partial charge in [-0.2, -0.15) is 11.8 Å². The molecule has 1 heterocycles. The first-order chi connectivity index (χ1) is 8.68. The molecule has 1 aromatic carbocycles. The summed E-state index contributed by atoms with van der Waals surface area (Å²) in [7, 11) is 0. The molecule has 98 valence electrons. The van der Waals surface area contributed by atoms with Crippen molar-refractivity contribution in [2.45, 2.75) is 31.4 Å². The summed E-state index contributed by atoms with van der Waals surface area (Å²) in [5.41, 5.74) is 9.06. The molecule has 1 fully saturated rings. The molecule has 0 bridgehead atoms. The van der Waals surface area contributed by atoms with E-state index in [1.165, 1.54) is 30.6 Å². The Morgan fingerprint density at radius 1 is 1.50 bits per heavy atom. The second kappa shape index (κ2) is 6.43. The molecular formula is C14H20N2S2. The fourth-order valence-electron chi connectivity index (χ4n) is 2.29. The monoisotopic (exact) mass is 280 g/mol. The lowest BCUT2D eigenvalue weighted by molar-refractivity contribution is 0.677. The molecule has 1 aliphatic rings. The summed E-state index contributed by atoms with van der Waals surface area (Å²) in [6.45, 7) is 3.10. The lowest BCUT2D eigenvalue weighted by Crippen LogP contribution is -2.22. The smallest absolute Gasteiger partial charge is 0.106 e.